The zero-order chi connectivity index (χ0) is 12.4. The van der Waals surface area contributed by atoms with Crippen LogP contribution in [0.5, 0.6) is 11.5 Å². The first-order valence-corrected chi connectivity index (χ1v) is 5.83. The maximum atomic E-state index is 5.42. The van der Waals surface area contributed by atoms with Crippen LogP contribution in [0.1, 0.15) is 18.0 Å². The molecule has 0 fully saturated rings. The smallest absolute Gasteiger partial charge is 0.145 e. The lowest BCUT2D eigenvalue weighted by molar-refractivity contribution is 0.282. The van der Waals surface area contributed by atoms with Crippen LogP contribution in [-0.4, -0.2) is 39.8 Å². The first kappa shape index (κ1) is 12.0. The number of ether oxygens (including phenoxy) is 2. The molecule has 0 amide bonds. The number of anilines is 1. The van der Waals surface area contributed by atoms with Crippen LogP contribution in [0.25, 0.3) is 0 Å². The van der Waals surface area contributed by atoms with Crippen LogP contribution in [0.15, 0.2) is 12.1 Å². The molecule has 1 aliphatic rings. The molecule has 2 rings (SSSR count). The van der Waals surface area contributed by atoms with E-state index in [1.165, 1.54) is 5.56 Å². The van der Waals surface area contributed by atoms with Crippen molar-refractivity contribution in [3.63, 3.8) is 0 Å². The van der Waals surface area contributed by atoms with Crippen LogP contribution in [0.3, 0.4) is 0 Å². The molecule has 0 saturated carbocycles. The number of methoxy groups -OCH3 is 2. The Hall–Kier alpha value is -1.42. The monoisotopic (exact) mass is 236 g/mol. The summed E-state index contributed by atoms with van der Waals surface area (Å²) in [5.41, 5.74) is 2.34. The van der Waals surface area contributed by atoms with Crippen molar-refractivity contribution < 1.29 is 9.47 Å². The number of nitrogens with one attached hydrogen (secondary N) is 1. The summed E-state index contributed by atoms with van der Waals surface area (Å²) in [5, 5.41) is 3.41. The molecule has 4 nitrogen and oxygen atoms in total. The summed E-state index contributed by atoms with van der Waals surface area (Å²) in [7, 11) is 7.58. The van der Waals surface area contributed by atoms with Crippen LogP contribution in [0, 0.1) is 0 Å². The molecule has 94 valence electrons. The lowest BCUT2D eigenvalue weighted by Crippen LogP contribution is -2.27. The molecule has 1 aromatic carbocycles. The molecule has 1 aromatic rings. The first-order chi connectivity index (χ1) is 8.17. The Labute approximate surface area is 103 Å². The van der Waals surface area contributed by atoms with Crippen LogP contribution >= 0.6 is 0 Å². The van der Waals surface area contributed by atoms with Gasteiger partial charge in [-0.05, 0) is 32.1 Å². The highest BCUT2D eigenvalue weighted by Crippen LogP contribution is 2.41. The average Bonchev–Trinajstić information content (AvgIpc) is 2.36. The first-order valence-electron chi connectivity index (χ1n) is 5.83. The number of nitrogens with zero attached hydrogens (tertiary/aromatic N) is 1. The second-order valence-electron chi connectivity index (χ2n) is 4.49. The van der Waals surface area contributed by atoms with Crippen molar-refractivity contribution in [2.24, 2.45) is 0 Å². The molecular weight excluding hydrogens is 216 g/mol. The Morgan fingerprint density at radius 3 is 2.59 bits per heavy atom. The Balaban J connectivity index is 2.51. The molecule has 4 heteroatoms. The van der Waals surface area contributed by atoms with E-state index in [-0.39, 0.29) is 0 Å². The minimum absolute atomic E-state index is 0.412. The van der Waals surface area contributed by atoms with E-state index in [0.29, 0.717) is 6.04 Å². The fourth-order valence-corrected chi connectivity index (χ4v) is 2.37. The van der Waals surface area contributed by atoms with Crippen molar-refractivity contribution in [1.29, 1.82) is 0 Å². The van der Waals surface area contributed by atoms with E-state index in [9.17, 15) is 0 Å². The van der Waals surface area contributed by atoms with Gasteiger partial charge in [-0.1, -0.05) is 0 Å². The van der Waals surface area contributed by atoms with Crippen molar-refractivity contribution in [2.75, 3.05) is 40.2 Å². The molecular formula is C13H20N2O2. The van der Waals surface area contributed by atoms with Gasteiger partial charge in [0.15, 0.2) is 0 Å². The van der Waals surface area contributed by atoms with Gasteiger partial charge in [0.05, 0.1) is 19.9 Å². The van der Waals surface area contributed by atoms with Gasteiger partial charge in [0, 0.05) is 18.7 Å². The van der Waals surface area contributed by atoms with Gasteiger partial charge < -0.3 is 19.7 Å². The molecule has 0 aromatic heterocycles. The fourth-order valence-electron chi connectivity index (χ4n) is 2.37. The van der Waals surface area contributed by atoms with Crippen LogP contribution in [-0.2, 0) is 0 Å². The Kier molecular flexibility index (Phi) is 3.43. The van der Waals surface area contributed by atoms with E-state index in [1.807, 2.05) is 6.07 Å². The topological polar surface area (TPSA) is 33.7 Å². The molecule has 1 heterocycles. The maximum absolute atomic E-state index is 5.42. The quantitative estimate of drug-likeness (QED) is 0.871. The third-order valence-corrected chi connectivity index (χ3v) is 3.26. The molecule has 0 saturated heterocycles. The van der Waals surface area contributed by atoms with Crippen LogP contribution < -0.4 is 14.8 Å². The highest BCUT2D eigenvalue weighted by molar-refractivity contribution is 5.67. The molecule has 1 unspecified atom stereocenters. The third-order valence-electron chi connectivity index (χ3n) is 3.26. The zero-order valence-electron chi connectivity index (χ0n) is 10.9. The van der Waals surface area contributed by atoms with E-state index in [0.717, 1.165) is 30.2 Å². The minimum atomic E-state index is 0.412. The Morgan fingerprint density at radius 2 is 2.00 bits per heavy atom. The molecule has 1 aliphatic heterocycles. The number of hydrogen-bond donors (Lipinski definition) is 1. The van der Waals surface area contributed by atoms with Gasteiger partial charge in [-0.15, -0.1) is 0 Å². The summed E-state index contributed by atoms with van der Waals surface area (Å²) in [5.74, 6) is 1.70. The predicted octanol–water partition coefficient (Wildman–Crippen LogP) is 2.12. The molecule has 17 heavy (non-hydrogen) atoms. The Bertz CT molecular complexity index is 405. The van der Waals surface area contributed by atoms with Gasteiger partial charge in [-0.3, -0.25) is 0 Å². The summed E-state index contributed by atoms with van der Waals surface area (Å²) < 4.78 is 10.7. The molecule has 0 spiro atoms. The van der Waals surface area contributed by atoms with Gasteiger partial charge in [0.25, 0.3) is 0 Å². The highest BCUT2D eigenvalue weighted by atomic mass is 16.5. The summed E-state index contributed by atoms with van der Waals surface area (Å²) >= 11 is 0. The molecule has 0 radical (unpaired) electrons. The van der Waals surface area contributed by atoms with E-state index in [2.05, 4.69) is 30.4 Å². The number of fused-ring (bicyclic) bond motifs is 1. The second kappa shape index (κ2) is 4.84. The van der Waals surface area contributed by atoms with Crippen molar-refractivity contribution >= 4 is 5.69 Å². The predicted molar refractivity (Wildman–Crippen MR) is 69.1 cm³/mol. The van der Waals surface area contributed by atoms with E-state index >= 15 is 0 Å². The SMILES string of the molecule is COc1cc(OC)c2c(c1)C(N(C)C)CCN2. The van der Waals surface area contributed by atoms with Gasteiger partial charge in [0.1, 0.15) is 11.5 Å². The molecule has 1 N–H and O–H groups in total. The van der Waals surface area contributed by atoms with E-state index < -0.39 is 0 Å². The summed E-state index contributed by atoms with van der Waals surface area (Å²) in [6.45, 7) is 0.971. The van der Waals surface area contributed by atoms with Crippen molar-refractivity contribution in [3.05, 3.63) is 17.7 Å². The van der Waals surface area contributed by atoms with Gasteiger partial charge >= 0.3 is 0 Å². The van der Waals surface area contributed by atoms with Gasteiger partial charge in [-0.25, -0.2) is 0 Å². The van der Waals surface area contributed by atoms with Crippen molar-refractivity contribution in [3.8, 4) is 11.5 Å². The molecule has 0 bridgehead atoms. The Morgan fingerprint density at radius 1 is 1.24 bits per heavy atom. The minimum Gasteiger partial charge on any atom is -0.497 e. The van der Waals surface area contributed by atoms with E-state index in [1.54, 1.807) is 14.2 Å². The summed E-state index contributed by atoms with van der Waals surface area (Å²) in [6, 6.07) is 4.42. The van der Waals surface area contributed by atoms with Crippen LogP contribution in [0.2, 0.25) is 0 Å². The second-order valence-corrected chi connectivity index (χ2v) is 4.49. The number of benzene rings is 1. The molecule has 0 aliphatic carbocycles. The highest BCUT2D eigenvalue weighted by Gasteiger charge is 2.25. The lowest BCUT2D eigenvalue weighted by Gasteiger charge is -2.32. The van der Waals surface area contributed by atoms with E-state index in [4.69, 9.17) is 9.47 Å². The standard InChI is InChI=1S/C13H20N2O2/c1-15(2)11-5-6-14-13-10(11)7-9(16-3)8-12(13)17-4/h7-8,11,14H,5-6H2,1-4H3. The van der Waals surface area contributed by atoms with Crippen molar-refractivity contribution in [1.82, 2.24) is 4.90 Å². The fraction of sp³-hybridized carbons (Fsp3) is 0.538. The van der Waals surface area contributed by atoms with Gasteiger partial charge in [-0.2, -0.15) is 0 Å². The largest absolute Gasteiger partial charge is 0.497 e. The number of rotatable bonds is 3. The average molecular weight is 236 g/mol. The maximum Gasteiger partial charge on any atom is 0.145 e. The molecule has 1 atom stereocenters. The lowest BCUT2D eigenvalue weighted by atomic mass is 9.96. The number of hydrogen-bond acceptors (Lipinski definition) is 4. The van der Waals surface area contributed by atoms with Crippen LogP contribution in [0.4, 0.5) is 5.69 Å². The van der Waals surface area contributed by atoms with Gasteiger partial charge in [0.2, 0.25) is 0 Å². The van der Waals surface area contributed by atoms with Crippen molar-refractivity contribution in [2.45, 2.75) is 12.5 Å². The zero-order valence-corrected chi connectivity index (χ0v) is 10.9. The third kappa shape index (κ3) is 2.17. The summed E-state index contributed by atoms with van der Waals surface area (Å²) in [4.78, 5) is 2.23. The normalized spacial score (nSPS) is 18.5. The summed E-state index contributed by atoms with van der Waals surface area (Å²) in [6.07, 6.45) is 1.09.